The van der Waals surface area contributed by atoms with Crippen molar-refractivity contribution in [3.05, 3.63) is 36.2 Å². The molecule has 0 saturated carbocycles. The molecule has 0 aromatic carbocycles. The predicted octanol–water partition coefficient (Wildman–Crippen LogP) is 0.335. The maximum absolute atomic E-state index is 11.7. The van der Waals surface area contributed by atoms with Crippen LogP contribution >= 0.6 is 0 Å². The molecule has 1 rings (SSSR count). The number of hydrogen-bond acceptors (Lipinski definition) is 4. The first kappa shape index (κ1) is 12.2. The Labute approximate surface area is 94.3 Å². The van der Waals surface area contributed by atoms with Crippen molar-refractivity contribution in [3.8, 4) is 5.75 Å². The van der Waals surface area contributed by atoms with Gasteiger partial charge in [-0.2, -0.15) is 0 Å². The molecule has 0 saturated heterocycles. The molecule has 0 radical (unpaired) electrons. The van der Waals surface area contributed by atoms with Crippen LogP contribution in [-0.2, 0) is 0 Å². The maximum atomic E-state index is 11.7. The minimum Gasteiger partial charge on any atom is -0.494 e. The van der Waals surface area contributed by atoms with E-state index in [0.717, 1.165) is 0 Å². The van der Waals surface area contributed by atoms with Gasteiger partial charge in [0, 0.05) is 19.3 Å². The Hall–Kier alpha value is -1.88. The number of nitrogens with one attached hydrogen (secondary N) is 1. The maximum Gasteiger partial charge on any atom is 0.255 e. The Morgan fingerprint density at radius 2 is 2.44 bits per heavy atom. The molecular formula is C11H15N3O2. The average molecular weight is 221 g/mol. The fraction of sp³-hybridized carbons (Fsp3) is 0.273. The van der Waals surface area contributed by atoms with Crippen molar-refractivity contribution < 1.29 is 9.53 Å². The van der Waals surface area contributed by atoms with E-state index in [1.807, 2.05) is 0 Å². The summed E-state index contributed by atoms with van der Waals surface area (Å²) in [6, 6.07) is 1.61. The van der Waals surface area contributed by atoms with Gasteiger partial charge in [-0.05, 0) is 6.07 Å². The van der Waals surface area contributed by atoms with Gasteiger partial charge in [0.2, 0.25) is 0 Å². The molecule has 86 valence electrons. The van der Waals surface area contributed by atoms with Crippen molar-refractivity contribution in [1.29, 1.82) is 0 Å². The van der Waals surface area contributed by atoms with E-state index >= 15 is 0 Å². The van der Waals surface area contributed by atoms with E-state index < -0.39 is 0 Å². The minimum atomic E-state index is -0.194. The number of ether oxygens (including phenoxy) is 1. The molecule has 16 heavy (non-hydrogen) atoms. The second kappa shape index (κ2) is 6.58. The Morgan fingerprint density at radius 3 is 3.12 bits per heavy atom. The van der Waals surface area contributed by atoms with Crippen molar-refractivity contribution in [1.82, 2.24) is 10.3 Å². The van der Waals surface area contributed by atoms with Crippen molar-refractivity contribution in [3.63, 3.8) is 0 Å². The molecular weight excluding hydrogens is 206 g/mol. The first-order chi connectivity index (χ1) is 7.79. The molecule has 1 amide bonds. The van der Waals surface area contributed by atoms with E-state index in [1.165, 1.54) is 13.3 Å². The first-order valence-electron chi connectivity index (χ1n) is 4.91. The molecule has 5 nitrogen and oxygen atoms in total. The van der Waals surface area contributed by atoms with Crippen LogP contribution in [0, 0.1) is 0 Å². The molecule has 1 aromatic heterocycles. The molecule has 1 aromatic rings. The number of hydrogen-bond donors (Lipinski definition) is 2. The number of methoxy groups -OCH3 is 1. The van der Waals surface area contributed by atoms with Crippen LogP contribution in [0.1, 0.15) is 10.4 Å². The topological polar surface area (TPSA) is 77.2 Å². The van der Waals surface area contributed by atoms with Crippen molar-refractivity contribution in [2.75, 3.05) is 20.2 Å². The summed E-state index contributed by atoms with van der Waals surface area (Å²) >= 11 is 0. The third-order valence-corrected chi connectivity index (χ3v) is 1.93. The molecule has 0 unspecified atom stereocenters. The Balaban J connectivity index is 2.62. The van der Waals surface area contributed by atoms with Gasteiger partial charge < -0.3 is 15.8 Å². The van der Waals surface area contributed by atoms with Gasteiger partial charge >= 0.3 is 0 Å². The van der Waals surface area contributed by atoms with Gasteiger partial charge in [0.1, 0.15) is 5.75 Å². The lowest BCUT2D eigenvalue weighted by atomic mass is 10.2. The quantitative estimate of drug-likeness (QED) is 0.703. The number of aromatic nitrogens is 1. The average Bonchev–Trinajstić information content (AvgIpc) is 2.34. The summed E-state index contributed by atoms with van der Waals surface area (Å²) in [5.74, 6) is 0.267. The molecule has 0 spiro atoms. The molecule has 1 heterocycles. The summed E-state index contributed by atoms with van der Waals surface area (Å²) in [5.41, 5.74) is 5.75. The number of rotatable bonds is 5. The molecule has 0 aliphatic carbocycles. The summed E-state index contributed by atoms with van der Waals surface area (Å²) in [5, 5.41) is 2.72. The molecule has 0 atom stereocenters. The predicted molar refractivity (Wildman–Crippen MR) is 61.3 cm³/mol. The van der Waals surface area contributed by atoms with Crippen molar-refractivity contribution >= 4 is 5.91 Å². The van der Waals surface area contributed by atoms with E-state index in [2.05, 4.69) is 10.3 Å². The summed E-state index contributed by atoms with van der Waals surface area (Å²) in [6.45, 7) is 0.913. The van der Waals surface area contributed by atoms with E-state index in [-0.39, 0.29) is 5.91 Å². The zero-order valence-electron chi connectivity index (χ0n) is 9.14. The van der Waals surface area contributed by atoms with Crippen molar-refractivity contribution in [2.45, 2.75) is 0 Å². The number of nitrogens with zero attached hydrogens (tertiary/aromatic N) is 1. The number of amides is 1. The molecule has 0 fully saturated rings. The van der Waals surface area contributed by atoms with Gasteiger partial charge in [-0.3, -0.25) is 9.78 Å². The fourth-order valence-electron chi connectivity index (χ4n) is 1.16. The summed E-state index contributed by atoms with van der Waals surface area (Å²) in [4.78, 5) is 15.6. The van der Waals surface area contributed by atoms with Gasteiger partial charge in [0.25, 0.3) is 5.91 Å². The number of nitrogens with two attached hydrogens (primary N) is 1. The van der Waals surface area contributed by atoms with E-state index in [9.17, 15) is 4.79 Å². The Kier molecular flexibility index (Phi) is 5.01. The number of pyridine rings is 1. The van der Waals surface area contributed by atoms with Crippen LogP contribution < -0.4 is 15.8 Å². The highest BCUT2D eigenvalue weighted by Gasteiger charge is 2.10. The van der Waals surface area contributed by atoms with Gasteiger partial charge in [0.15, 0.2) is 0 Å². The van der Waals surface area contributed by atoms with E-state index in [0.29, 0.717) is 24.4 Å². The summed E-state index contributed by atoms with van der Waals surface area (Å²) in [6.07, 6.45) is 6.63. The Morgan fingerprint density at radius 1 is 1.62 bits per heavy atom. The van der Waals surface area contributed by atoms with Crippen LogP contribution in [0.15, 0.2) is 30.6 Å². The lowest BCUT2D eigenvalue weighted by Gasteiger charge is -2.06. The Bertz CT molecular complexity index is 377. The zero-order chi connectivity index (χ0) is 11.8. The number of carbonyl (C=O) groups excluding carboxylic acids is 1. The molecule has 0 aliphatic rings. The van der Waals surface area contributed by atoms with Gasteiger partial charge in [-0.1, -0.05) is 12.2 Å². The van der Waals surface area contributed by atoms with Crippen LogP contribution in [0.2, 0.25) is 0 Å². The lowest BCUT2D eigenvalue weighted by molar-refractivity contribution is 0.0955. The fourth-order valence-corrected chi connectivity index (χ4v) is 1.16. The number of carbonyl (C=O) groups is 1. The van der Waals surface area contributed by atoms with E-state index in [4.69, 9.17) is 10.5 Å². The highest BCUT2D eigenvalue weighted by atomic mass is 16.5. The standard InChI is InChI=1S/C11H15N3O2/c1-16-10-8-13-7-4-9(10)11(15)14-6-3-2-5-12/h2-4,7-8H,5-6,12H2,1H3,(H,14,15)/b3-2+. The van der Waals surface area contributed by atoms with Crippen LogP contribution in [0.25, 0.3) is 0 Å². The van der Waals surface area contributed by atoms with Gasteiger partial charge in [-0.15, -0.1) is 0 Å². The minimum absolute atomic E-state index is 0.194. The van der Waals surface area contributed by atoms with Crippen molar-refractivity contribution in [2.24, 2.45) is 5.73 Å². The molecule has 5 heteroatoms. The zero-order valence-corrected chi connectivity index (χ0v) is 9.14. The van der Waals surface area contributed by atoms with Crippen LogP contribution in [-0.4, -0.2) is 31.1 Å². The van der Waals surface area contributed by atoms with Crippen LogP contribution in [0.4, 0.5) is 0 Å². The highest BCUT2D eigenvalue weighted by molar-refractivity contribution is 5.96. The molecule has 3 N–H and O–H groups in total. The second-order valence-corrected chi connectivity index (χ2v) is 2.99. The lowest BCUT2D eigenvalue weighted by Crippen LogP contribution is -2.24. The smallest absolute Gasteiger partial charge is 0.255 e. The van der Waals surface area contributed by atoms with Crippen LogP contribution in [0.5, 0.6) is 5.75 Å². The molecule has 0 bridgehead atoms. The largest absolute Gasteiger partial charge is 0.494 e. The third kappa shape index (κ3) is 3.36. The van der Waals surface area contributed by atoms with E-state index in [1.54, 1.807) is 24.4 Å². The SMILES string of the molecule is COc1cnccc1C(=O)NC/C=C/CN. The second-order valence-electron chi connectivity index (χ2n) is 2.99. The highest BCUT2D eigenvalue weighted by Crippen LogP contribution is 2.14. The summed E-state index contributed by atoms with van der Waals surface area (Å²) < 4.78 is 5.03. The normalized spacial score (nSPS) is 10.4. The third-order valence-electron chi connectivity index (χ3n) is 1.93. The first-order valence-corrected chi connectivity index (χ1v) is 4.91. The van der Waals surface area contributed by atoms with Gasteiger partial charge in [-0.25, -0.2) is 0 Å². The molecule has 0 aliphatic heterocycles. The monoisotopic (exact) mass is 221 g/mol. The summed E-state index contributed by atoms with van der Waals surface area (Å²) in [7, 11) is 1.50. The van der Waals surface area contributed by atoms with Crippen LogP contribution in [0.3, 0.4) is 0 Å². The van der Waals surface area contributed by atoms with Gasteiger partial charge in [0.05, 0.1) is 18.9 Å².